The second-order valence-corrected chi connectivity index (χ2v) is 13.4. The molecule has 6 heteroatoms. The molecule has 0 aliphatic carbocycles. The van der Waals surface area contributed by atoms with Crippen molar-refractivity contribution in [1.82, 2.24) is 15.6 Å². The Morgan fingerprint density at radius 2 is 1.25 bits per heavy atom. The molecule has 3 aromatic heterocycles. The molecule has 10 aromatic rings. The summed E-state index contributed by atoms with van der Waals surface area (Å²) in [5, 5.41) is 15.5. The van der Waals surface area contributed by atoms with E-state index in [4.69, 9.17) is 18.8 Å². The average Bonchev–Trinajstić information content (AvgIpc) is 3.79. The third kappa shape index (κ3) is 4.55. The lowest BCUT2D eigenvalue weighted by atomic mass is 9.92. The van der Waals surface area contributed by atoms with Gasteiger partial charge in [0.05, 0.1) is 5.39 Å². The van der Waals surface area contributed by atoms with Gasteiger partial charge in [-0.15, -0.1) is 0 Å². The van der Waals surface area contributed by atoms with E-state index < -0.39 is 0 Å². The standard InChI is InChI=1S/C46H30N4O2/c1-2-11-28-24-30(22-21-27(28)10-1)44-48-45(50-46(49-44)35-16-8-18-38-41(35)34-14-5-6-17-37(34)51-38)31-25-29-12-3-4-13-32(29)36(26-31)33-15-7-19-39-42(33)43-40(52-39)20-9-23-47-43/h1-26,44,46,49H,(H,48,50). The van der Waals surface area contributed by atoms with E-state index in [1.165, 1.54) is 10.8 Å². The number of para-hydroxylation sites is 1. The van der Waals surface area contributed by atoms with Crippen molar-refractivity contribution < 1.29 is 8.83 Å². The summed E-state index contributed by atoms with van der Waals surface area (Å²) in [5.41, 5.74) is 9.52. The zero-order chi connectivity index (χ0) is 34.2. The number of benzene rings is 7. The zero-order valence-corrected chi connectivity index (χ0v) is 27.9. The number of hydrogen-bond acceptors (Lipinski definition) is 6. The predicted molar refractivity (Wildman–Crippen MR) is 210 cm³/mol. The van der Waals surface area contributed by atoms with E-state index in [2.05, 4.69) is 126 Å². The fraction of sp³-hybridized carbons (Fsp3) is 0.0435. The normalized spacial score (nSPS) is 16.3. The molecule has 0 saturated carbocycles. The Hall–Kier alpha value is -6.76. The summed E-state index contributed by atoms with van der Waals surface area (Å²) in [6, 6.07) is 52.8. The molecule has 1 aliphatic rings. The van der Waals surface area contributed by atoms with E-state index in [1.807, 2.05) is 42.6 Å². The van der Waals surface area contributed by atoms with Crippen molar-refractivity contribution in [3.8, 4) is 11.1 Å². The summed E-state index contributed by atoms with van der Waals surface area (Å²) in [6.07, 6.45) is 1.24. The Bertz CT molecular complexity index is 3060. The maximum Gasteiger partial charge on any atom is 0.153 e. The van der Waals surface area contributed by atoms with Crippen LogP contribution in [-0.2, 0) is 0 Å². The van der Waals surface area contributed by atoms with Crippen molar-refractivity contribution in [3.63, 3.8) is 0 Å². The minimum atomic E-state index is -0.320. The Kier molecular flexibility index (Phi) is 6.35. The first-order chi connectivity index (χ1) is 25.7. The van der Waals surface area contributed by atoms with Crippen LogP contribution < -0.4 is 10.6 Å². The molecule has 0 bridgehead atoms. The van der Waals surface area contributed by atoms with Crippen LogP contribution in [0.25, 0.3) is 76.7 Å². The smallest absolute Gasteiger partial charge is 0.153 e. The Labute approximate surface area is 298 Å². The summed E-state index contributed by atoms with van der Waals surface area (Å²) in [7, 11) is 0. The lowest BCUT2D eigenvalue weighted by Crippen LogP contribution is -2.45. The van der Waals surface area contributed by atoms with Crippen molar-refractivity contribution >= 4 is 71.4 Å². The molecule has 0 saturated heterocycles. The zero-order valence-electron chi connectivity index (χ0n) is 27.9. The van der Waals surface area contributed by atoms with E-state index in [0.29, 0.717) is 0 Å². The highest BCUT2D eigenvalue weighted by Crippen LogP contribution is 2.40. The van der Waals surface area contributed by atoms with E-state index >= 15 is 0 Å². The number of fused-ring (bicyclic) bond motifs is 8. The second-order valence-electron chi connectivity index (χ2n) is 13.4. The number of nitrogens with zero attached hydrogens (tertiary/aromatic N) is 2. The maximum atomic E-state index is 6.33. The Morgan fingerprint density at radius 3 is 2.17 bits per heavy atom. The third-order valence-electron chi connectivity index (χ3n) is 10.4. The molecule has 7 aromatic carbocycles. The van der Waals surface area contributed by atoms with Gasteiger partial charge in [-0.2, -0.15) is 0 Å². The van der Waals surface area contributed by atoms with Crippen molar-refractivity contribution in [1.29, 1.82) is 0 Å². The van der Waals surface area contributed by atoms with Gasteiger partial charge in [0.1, 0.15) is 40.4 Å². The molecule has 2 atom stereocenters. The largest absolute Gasteiger partial charge is 0.456 e. The van der Waals surface area contributed by atoms with E-state index in [0.717, 1.165) is 88.4 Å². The van der Waals surface area contributed by atoms with Crippen molar-refractivity contribution in [3.05, 3.63) is 175 Å². The molecule has 1 aliphatic heterocycles. The highest BCUT2D eigenvalue weighted by molar-refractivity contribution is 6.16. The molecule has 4 heterocycles. The number of amidine groups is 1. The molecule has 0 amide bonds. The van der Waals surface area contributed by atoms with Crippen molar-refractivity contribution in [2.75, 3.05) is 0 Å². The summed E-state index contributed by atoms with van der Waals surface area (Å²) in [6.45, 7) is 0. The monoisotopic (exact) mass is 670 g/mol. The third-order valence-corrected chi connectivity index (χ3v) is 10.4. The number of nitrogens with one attached hydrogen (secondary N) is 2. The van der Waals surface area contributed by atoms with Crippen LogP contribution in [0, 0.1) is 0 Å². The Balaban J connectivity index is 1.13. The summed E-state index contributed by atoms with van der Waals surface area (Å²) in [4.78, 5) is 10.2. The van der Waals surface area contributed by atoms with E-state index in [1.54, 1.807) is 0 Å². The molecular formula is C46H30N4O2. The fourth-order valence-corrected chi connectivity index (χ4v) is 7.99. The van der Waals surface area contributed by atoms with Gasteiger partial charge in [-0.25, -0.2) is 4.99 Å². The quantitative estimate of drug-likeness (QED) is 0.195. The van der Waals surface area contributed by atoms with Crippen molar-refractivity contribution in [2.24, 2.45) is 4.99 Å². The van der Waals surface area contributed by atoms with Crippen LogP contribution in [0.4, 0.5) is 0 Å². The number of rotatable bonds is 4. The van der Waals surface area contributed by atoms with Crippen LogP contribution in [0.1, 0.15) is 29.0 Å². The number of aliphatic imine (C=N–C) groups is 1. The number of aromatic nitrogens is 1. The summed E-state index contributed by atoms with van der Waals surface area (Å²) >= 11 is 0. The molecule has 6 nitrogen and oxygen atoms in total. The number of pyridine rings is 1. The molecule has 0 fully saturated rings. The molecule has 0 radical (unpaired) electrons. The van der Waals surface area contributed by atoms with Gasteiger partial charge in [0.2, 0.25) is 0 Å². The molecule has 246 valence electrons. The first-order valence-corrected chi connectivity index (χ1v) is 17.5. The van der Waals surface area contributed by atoms with Gasteiger partial charge in [0.25, 0.3) is 0 Å². The van der Waals surface area contributed by atoms with Crippen LogP contribution in [0.2, 0.25) is 0 Å². The van der Waals surface area contributed by atoms with Gasteiger partial charge >= 0.3 is 0 Å². The minimum Gasteiger partial charge on any atom is -0.456 e. The average molecular weight is 671 g/mol. The molecule has 2 unspecified atom stereocenters. The fourth-order valence-electron chi connectivity index (χ4n) is 7.99. The maximum absolute atomic E-state index is 6.33. The van der Waals surface area contributed by atoms with Crippen LogP contribution >= 0.6 is 0 Å². The highest BCUT2D eigenvalue weighted by atomic mass is 16.3. The van der Waals surface area contributed by atoms with Gasteiger partial charge in [-0.05, 0) is 86.8 Å². The molecule has 11 rings (SSSR count). The lowest BCUT2D eigenvalue weighted by Gasteiger charge is -2.33. The molecular weight excluding hydrogens is 641 g/mol. The summed E-state index contributed by atoms with van der Waals surface area (Å²) in [5.74, 6) is 0.807. The second kappa shape index (κ2) is 11.4. The van der Waals surface area contributed by atoms with Gasteiger partial charge in [-0.1, -0.05) is 103 Å². The van der Waals surface area contributed by atoms with Crippen molar-refractivity contribution in [2.45, 2.75) is 12.3 Å². The molecule has 0 spiro atoms. The van der Waals surface area contributed by atoms with Crippen LogP contribution in [-0.4, -0.2) is 10.8 Å². The van der Waals surface area contributed by atoms with E-state index in [-0.39, 0.29) is 12.3 Å². The van der Waals surface area contributed by atoms with Gasteiger partial charge in [0.15, 0.2) is 5.58 Å². The van der Waals surface area contributed by atoms with Crippen LogP contribution in [0.5, 0.6) is 0 Å². The van der Waals surface area contributed by atoms with E-state index in [9.17, 15) is 0 Å². The molecule has 52 heavy (non-hydrogen) atoms. The van der Waals surface area contributed by atoms with Gasteiger partial charge < -0.3 is 14.2 Å². The van der Waals surface area contributed by atoms with Crippen LogP contribution in [0.3, 0.4) is 0 Å². The lowest BCUT2D eigenvalue weighted by molar-refractivity contribution is 0.411. The minimum absolute atomic E-state index is 0.269. The van der Waals surface area contributed by atoms with Crippen LogP contribution in [0.15, 0.2) is 172 Å². The SMILES string of the molecule is c1ccc2cc(C3N=C(c4cc(-c5cccc6oc7cccnc7c56)c5ccccc5c4)NC(c4cccc5oc6ccccc6c45)N3)ccc2c1. The first kappa shape index (κ1) is 29.0. The predicted octanol–water partition coefficient (Wildman–Crippen LogP) is 11.2. The topological polar surface area (TPSA) is 75.6 Å². The first-order valence-electron chi connectivity index (χ1n) is 17.5. The van der Waals surface area contributed by atoms with Gasteiger partial charge in [0, 0.05) is 28.1 Å². The van der Waals surface area contributed by atoms with Gasteiger partial charge in [-0.3, -0.25) is 10.3 Å². The number of hydrogen-bond donors (Lipinski definition) is 2. The summed E-state index contributed by atoms with van der Waals surface area (Å²) < 4.78 is 12.6. The molecule has 2 N–H and O–H groups in total. The highest BCUT2D eigenvalue weighted by Gasteiger charge is 2.29. The Morgan fingerprint density at radius 1 is 0.519 bits per heavy atom. The number of furan rings is 2.